The average Bonchev–Trinajstić information content (AvgIpc) is 3.55. The Bertz CT molecular complexity index is 1370. The topological polar surface area (TPSA) is 60.2 Å². The lowest BCUT2D eigenvalue weighted by molar-refractivity contribution is -0.134. The fraction of sp³-hybridized carbons (Fsp3) is 0.321. The number of fused-ring (bicyclic) bond motifs is 1. The molecule has 4 aromatic rings. The van der Waals surface area contributed by atoms with Gasteiger partial charge < -0.3 is 9.64 Å². The summed E-state index contributed by atoms with van der Waals surface area (Å²) in [4.78, 5) is 21.7. The van der Waals surface area contributed by atoms with E-state index in [-0.39, 0.29) is 18.6 Å². The minimum atomic E-state index is 0.00786. The molecular weight excluding hydrogens is 492 g/mol. The Balaban J connectivity index is 1.53. The van der Waals surface area contributed by atoms with Gasteiger partial charge in [0.05, 0.1) is 23.0 Å². The standard InChI is InChI=1S/C28H29ClN4O2S/c1-19-11-12-33(31-19)18-27(34)32(17-24-4-3-13-35-24)16-22-14-21-7-10-25(36-2)15-26(21)30-28(22)20-5-8-23(29)9-6-20/h5-12,14-15,24H,3-4,13,16-18H2,1-2H3. The molecule has 1 amide bonds. The smallest absolute Gasteiger partial charge is 0.244 e. The van der Waals surface area contributed by atoms with Gasteiger partial charge in [-0.05, 0) is 68.0 Å². The van der Waals surface area contributed by atoms with Crippen LogP contribution in [0.2, 0.25) is 5.02 Å². The summed E-state index contributed by atoms with van der Waals surface area (Å²) in [6, 6.07) is 18.1. The monoisotopic (exact) mass is 520 g/mol. The molecule has 0 spiro atoms. The SMILES string of the molecule is CSc1ccc2cc(CN(CC3CCCO3)C(=O)Cn3ccc(C)n3)c(-c3ccc(Cl)cc3)nc2c1. The number of amides is 1. The van der Waals surface area contributed by atoms with Gasteiger partial charge in [-0.3, -0.25) is 9.48 Å². The number of aryl methyl sites for hydroxylation is 1. The van der Waals surface area contributed by atoms with Crippen LogP contribution in [0.3, 0.4) is 0 Å². The summed E-state index contributed by atoms with van der Waals surface area (Å²) in [6.07, 6.45) is 5.94. The van der Waals surface area contributed by atoms with Crippen molar-refractivity contribution in [2.24, 2.45) is 0 Å². The van der Waals surface area contributed by atoms with Gasteiger partial charge in [-0.2, -0.15) is 5.10 Å². The third kappa shape index (κ3) is 5.75. The number of benzene rings is 2. The summed E-state index contributed by atoms with van der Waals surface area (Å²) in [5.41, 5.74) is 4.64. The Morgan fingerprint density at radius 1 is 1.19 bits per heavy atom. The molecule has 1 aliphatic rings. The molecule has 1 aliphatic heterocycles. The first-order chi connectivity index (χ1) is 17.5. The molecule has 1 atom stereocenters. The van der Waals surface area contributed by atoms with E-state index < -0.39 is 0 Å². The Kier molecular flexibility index (Phi) is 7.60. The van der Waals surface area contributed by atoms with E-state index in [1.807, 2.05) is 48.4 Å². The van der Waals surface area contributed by atoms with Crippen LogP contribution in [-0.4, -0.2) is 51.1 Å². The second-order valence-electron chi connectivity index (χ2n) is 9.13. The molecule has 5 rings (SSSR count). The van der Waals surface area contributed by atoms with E-state index in [0.717, 1.165) is 57.8 Å². The molecule has 0 saturated carbocycles. The molecule has 0 N–H and O–H groups in total. The quantitative estimate of drug-likeness (QED) is 0.267. The van der Waals surface area contributed by atoms with E-state index >= 15 is 0 Å². The first kappa shape index (κ1) is 24.8. The number of pyridine rings is 1. The summed E-state index contributed by atoms with van der Waals surface area (Å²) in [7, 11) is 0. The van der Waals surface area contributed by atoms with Crippen molar-refractivity contribution >= 4 is 40.2 Å². The van der Waals surface area contributed by atoms with Crippen LogP contribution in [0.1, 0.15) is 24.1 Å². The van der Waals surface area contributed by atoms with Gasteiger partial charge >= 0.3 is 0 Å². The summed E-state index contributed by atoms with van der Waals surface area (Å²) >= 11 is 7.87. The zero-order valence-electron chi connectivity index (χ0n) is 20.5. The molecule has 6 nitrogen and oxygen atoms in total. The van der Waals surface area contributed by atoms with Crippen LogP contribution in [0, 0.1) is 6.92 Å². The van der Waals surface area contributed by atoms with Gasteiger partial charge in [0.2, 0.25) is 5.91 Å². The first-order valence-electron chi connectivity index (χ1n) is 12.1. The molecule has 0 bridgehead atoms. The number of carbonyl (C=O) groups is 1. The highest BCUT2D eigenvalue weighted by Crippen LogP contribution is 2.30. The molecule has 1 fully saturated rings. The summed E-state index contributed by atoms with van der Waals surface area (Å²) in [5.74, 6) is 0.00786. The average molecular weight is 521 g/mol. The predicted octanol–water partition coefficient (Wildman–Crippen LogP) is 5.99. The lowest BCUT2D eigenvalue weighted by Crippen LogP contribution is -2.39. The van der Waals surface area contributed by atoms with Crippen LogP contribution in [-0.2, 0) is 22.6 Å². The summed E-state index contributed by atoms with van der Waals surface area (Å²) in [6.45, 7) is 3.84. The maximum absolute atomic E-state index is 13.5. The van der Waals surface area contributed by atoms with Crippen molar-refractivity contribution in [3.8, 4) is 11.3 Å². The van der Waals surface area contributed by atoms with Crippen molar-refractivity contribution in [3.05, 3.63) is 77.1 Å². The number of aromatic nitrogens is 3. The first-order valence-corrected chi connectivity index (χ1v) is 13.7. The largest absolute Gasteiger partial charge is 0.376 e. The van der Waals surface area contributed by atoms with Crippen LogP contribution in [0.5, 0.6) is 0 Å². The van der Waals surface area contributed by atoms with E-state index in [2.05, 4.69) is 35.6 Å². The maximum Gasteiger partial charge on any atom is 0.244 e. The molecule has 1 saturated heterocycles. The van der Waals surface area contributed by atoms with Gasteiger partial charge in [-0.1, -0.05) is 29.8 Å². The summed E-state index contributed by atoms with van der Waals surface area (Å²) < 4.78 is 7.60. The number of halogens is 1. The van der Waals surface area contributed by atoms with E-state index in [4.69, 9.17) is 21.3 Å². The molecule has 1 unspecified atom stereocenters. The van der Waals surface area contributed by atoms with E-state index in [1.165, 1.54) is 0 Å². The zero-order chi connectivity index (χ0) is 25.1. The van der Waals surface area contributed by atoms with Crippen molar-refractivity contribution in [1.29, 1.82) is 0 Å². The normalized spacial score (nSPS) is 15.5. The third-order valence-corrected chi connectivity index (χ3v) is 7.43. The Morgan fingerprint density at radius 2 is 2.03 bits per heavy atom. The number of nitrogens with zero attached hydrogens (tertiary/aromatic N) is 4. The van der Waals surface area contributed by atoms with Gasteiger partial charge in [-0.15, -0.1) is 11.8 Å². The molecule has 3 heterocycles. The number of hydrogen-bond acceptors (Lipinski definition) is 5. The molecule has 2 aromatic heterocycles. The molecule has 0 radical (unpaired) electrons. The summed E-state index contributed by atoms with van der Waals surface area (Å²) in [5, 5.41) is 6.14. The van der Waals surface area contributed by atoms with Gasteiger partial charge in [0, 0.05) is 46.8 Å². The fourth-order valence-electron chi connectivity index (χ4n) is 4.58. The van der Waals surface area contributed by atoms with Gasteiger partial charge in [0.15, 0.2) is 0 Å². The van der Waals surface area contributed by atoms with Crippen molar-refractivity contribution in [2.75, 3.05) is 19.4 Å². The van der Waals surface area contributed by atoms with Crippen LogP contribution in [0.15, 0.2) is 65.7 Å². The van der Waals surface area contributed by atoms with Crippen LogP contribution in [0.4, 0.5) is 0 Å². The molecule has 186 valence electrons. The lowest BCUT2D eigenvalue weighted by atomic mass is 10.0. The number of hydrogen-bond donors (Lipinski definition) is 0. The van der Waals surface area contributed by atoms with Crippen LogP contribution in [0.25, 0.3) is 22.2 Å². The van der Waals surface area contributed by atoms with Crippen molar-refractivity contribution in [1.82, 2.24) is 19.7 Å². The second kappa shape index (κ2) is 11.0. The van der Waals surface area contributed by atoms with Crippen molar-refractivity contribution < 1.29 is 9.53 Å². The Morgan fingerprint density at radius 3 is 2.72 bits per heavy atom. The van der Waals surface area contributed by atoms with E-state index in [0.29, 0.717) is 18.1 Å². The van der Waals surface area contributed by atoms with Gasteiger partial charge in [0.25, 0.3) is 0 Å². The second-order valence-corrected chi connectivity index (χ2v) is 10.4. The number of ether oxygens (including phenoxy) is 1. The number of thioether (sulfide) groups is 1. The molecule has 36 heavy (non-hydrogen) atoms. The van der Waals surface area contributed by atoms with E-state index in [9.17, 15) is 4.79 Å². The fourth-order valence-corrected chi connectivity index (χ4v) is 5.14. The third-order valence-electron chi connectivity index (χ3n) is 6.45. The number of carbonyl (C=O) groups excluding carboxylic acids is 1. The van der Waals surface area contributed by atoms with Crippen molar-refractivity contribution in [2.45, 2.75) is 43.9 Å². The maximum atomic E-state index is 13.5. The highest BCUT2D eigenvalue weighted by molar-refractivity contribution is 7.98. The Hall–Kier alpha value is -2.87. The van der Waals surface area contributed by atoms with Gasteiger partial charge in [-0.25, -0.2) is 4.98 Å². The van der Waals surface area contributed by atoms with Crippen molar-refractivity contribution in [3.63, 3.8) is 0 Å². The minimum Gasteiger partial charge on any atom is -0.376 e. The van der Waals surface area contributed by atoms with E-state index in [1.54, 1.807) is 16.4 Å². The molecular formula is C28H29ClN4O2S. The van der Waals surface area contributed by atoms with Crippen LogP contribution >= 0.6 is 23.4 Å². The highest BCUT2D eigenvalue weighted by Gasteiger charge is 2.24. The lowest BCUT2D eigenvalue weighted by Gasteiger charge is -2.27. The molecule has 0 aliphatic carbocycles. The van der Waals surface area contributed by atoms with Gasteiger partial charge in [0.1, 0.15) is 6.54 Å². The number of rotatable bonds is 8. The Labute approximate surface area is 220 Å². The predicted molar refractivity (Wildman–Crippen MR) is 145 cm³/mol. The minimum absolute atomic E-state index is 0.00786. The molecule has 8 heteroatoms. The zero-order valence-corrected chi connectivity index (χ0v) is 22.1. The molecule has 2 aromatic carbocycles. The highest BCUT2D eigenvalue weighted by atomic mass is 35.5. The van der Waals surface area contributed by atoms with Crippen LogP contribution < -0.4 is 0 Å².